The Kier molecular flexibility index (Phi) is 3.23. The van der Waals surface area contributed by atoms with Gasteiger partial charge in [0.05, 0.1) is 17.1 Å². The van der Waals surface area contributed by atoms with Crippen molar-refractivity contribution >= 4 is 22.7 Å². The fourth-order valence-electron chi connectivity index (χ4n) is 1.54. The quantitative estimate of drug-likeness (QED) is 0.806. The van der Waals surface area contributed by atoms with E-state index in [1.54, 1.807) is 11.8 Å². The molecule has 0 aliphatic carbocycles. The summed E-state index contributed by atoms with van der Waals surface area (Å²) in [6.07, 6.45) is 0. The summed E-state index contributed by atoms with van der Waals surface area (Å²) in [6.45, 7) is 2.28. The number of aliphatic hydroxyl groups excluding tert-OH is 1. The van der Waals surface area contributed by atoms with Crippen molar-refractivity contribution in [2.45, 2.75) is 11.9 Å². The molecular weight excluding hydrogens is 206 g/mol. The van der Waals surface area contributed by atoms with E-state index in [0.717, 1.165) is 10.5 Å². The van der Waals surface area contributed by atoms with E-state index in [1.165, 1.54) is 10.9 Å². The van der Waals surface area contributed by atoms with Gasteiger partial charge in [0, 0.05) is 11.1 Å². The van der Waals surface area contributed by atoms with E-state index in [2.05, 4.69) is 24.0 Å². The van der Waals surface area contributed by atoms with E-state index in [0.29, 0.717) is 5.75 Å². The van der Waals surface area contributed by atoms with Gasteiger partial charge in [-0.15, -0.1) is 11.8 Å². The summed E-state index contributed by atoms with van der Waals surface area (Å²) in [4.78, 5) is 4.53. The second-order valence-electron chi connectivity index (χ2n) is 3.37. The molecule has 0 bridgehead atoms. The van der Waals surface area contributed by atoms with Crippen LogP contribution in [0.25, 0.3) is 10.9 Å². The number of benzene rings is 1. The van der Waals surface area contributed by atoms with E-state index in [4.69, 9.17) is 5.11 Å². The highest BCUT2D eigenvalue weighted by Crippen LogP contribution is 2.22. The van der Waals surface area contributed by atoms with Gasteiger partial charge in [-0.1, -0.05) is 18.2 Å². The van der Waals surface area contributed by atoms with E-state index < -0.39 is 0 Å². The average Bonchev–Trinajstić information content (AvgIpc) is 2.26. The van der Waals surface area contributed by atoms with Crippen molar-refractivity contribution < 1.29 is 5.11 Å². The lowest BCUT2D eigenvalue weighted by Crippen LogP contribution is -1.90. The number of pyridine rings is 1. The van der Waals surface area contributed by atoms with E-state index in [9.17, 15) is 0 Å². The molecule has 15 heavy (non-hydrogen) atoms. The molecule has 2 aromatic rings. The van der Waals surface area contributed by atoms with Crippen LogP contribution in [0.2, 0.25) is 0 Å². The second-order valence-corrected chi connectivity index (χ2v) is 4.48. The summed E-state index contributed by atoms with van der Waals surface area (Å²) in [5, 5.41) is 10.9. The Balaban J connectivity index is 2.43. The maximum Gasteiger partial charge on any atom is 0.0971 e. The molecule has 0 aliphatic heterocycles. The molecule has 0 radical (unpaired) electrons. The zero-order valence-corrected chi connectivity index (χ0v) is 9.42. The molecule has 0 spiro atoms. The fraction of sp³-hybridized carbons (Fsp3) is 0.250. The molecule has 0 saturated carbocycles. The van der Waals surface area contributed by atoms with Crippen LogP contribution in [0.5, 0.6) is 0 Å². The highest BCUT2D eigenvalue weighted by atomic mass is 32.2. The van der Waals surface area contributed by atoms with Crippen LogP contribution in [-0.4, -0.2) is 22.5 Å². The largest absolute Gasteiger partial charge is 0.396 e. The number of aliphatic hydroxyl groups is 1. The van der Waals surface area contributed by atoms with Gasteiger partial charge in [-0.3, -0.25) is 0 Å². The number of aromatic nitrogens is 1. The topological polar surface area (TPSA) is 33.1 Å². The van der Waals surface area contributed by atoms with Crippen LogP contribution in [0, 0.1) is 6.92 Å². The predicted octanol–water partition coefficient (Wildman–Crippen LogP) is 2.63. The molecule has 1 aromatic heterocycles. The third-order valence-electron chi connectivity index (χ3n) is 2.24. The highest BCUT2D eigenvalue weighted by molar-refractivity contribution is 7.99. The van der Waals surface area contributed by atoms with Gasteiger partial charge >= 0.3 is 0 Å². The highest BCUT2D eigenvalue weighted by Gasteiger charge is 2.01. The van der Waals surface area contributed by atoms with Crippen LogP contribution in [0.1, 0.15) is 5.56 Å². The second kappa shape index (κ2) is 4.64. The smallest absolute Gasteiger partial charge is 0.0971 e. The van der Waals surface area contributed by atoms with Crippen LogP contribution in [0.15, 0.2) is 35.4 Å². The van der Waals surface area contributed by atoms with Crippen molar-refractivity contribution in [2.24, 2.45) is 0 Å². The summed E-state index contributed by atoms with van der Waals surface area (Å²) in [5.74, 6) is 0.699. The Hall–Kier alpha value is -1.06. The number of para-hydroxylation sites is 1. The van der Waals surface area contributed by atoms with Crippen molar-refractivity contribution in [3.05, 3.63) is 35.9 Å². The Morgan fingerprint density at radius 3 is 2.93 bits per heavy atom. The number of rotatable bonds is 3. The number of aryl methyl sites for hydroxylation is 1. The fourth-order valence-corrected chi connectivity index (χ4v) is 2.27. The Morgan fingerprint density at radius 2 is 2.13 bits per heavy atom. The average molecular weight is 219 g/mol. The standard InChI is InChI=1S/C12H13NOS/c1-9-8-12(15-7-6-14)13-11-5-3-2-4-10(9)11/h2-5,8,14H,6-7H2,1H3. The van der Waals surface area contributed by atoms with Crippen molar-refractivity contribution in [3.8, 4) is 0 Å². The molecule has 1 heterocycles. The summed E-state index contributed by atoms with van der Waals surface area (Å²) in [6, 6.07) is 10.2. The first-order chi connectivity index (χ1) is 7.31. The minimum Gasteiger partial charge on any atom is -0.396 e. The van der Waals surface area contributed by atoms with Gasteiger partial charge in [0.2, 0.25) is 0 Å². The van der Waals surface area contributed by atoms with Crippen LogP contribution in [0.4, 0.5) is 0 Å². The number of hydrogen-bond acceptors (Lipinski definition) is 3. The van der Waals surface area contributed by atoms with Gasteiger partial charge in [-0.25, -0.2) is 4.98 Å². The maximum atomic E-state index is 8.76. The molecule has 0 fully saturated rings. The molecule has 0 saturated heterocycles. The Labute approximate surface area is 93.3 Å². The molecule has 1 aromatic carbocycles. The number of nitrogens with zero attached hydrogens (tertiary/aromatic N) is 1. The molecule has 2 nitrogen and oxygen atoms in total. The first-order valence-electron chi connectivity index (χ1n) is 4.91. The summed E-state index contributed by atoms with van der Waals surface area (Å²) in [7, 11) is 0. The molecule has 0 atom stereocenters. The van der Waals surface area contributed by atoms with E-state index in [1.807, 2.05) is 18.2 Å². The Morgan fingerprint density at radius 1 is 1.33 bits per heavy atom. The van der Waals surface area contributed by atoms with Gasteiger partial charge in [0.25, 0.3) is 0 Å². The summed E-state index contributed by atoms with van der Waals surface area (Å²) in [5.41, 5.74) is 2.26. The van der Waals surface area contributed by atoms with Crippen molar-refractivity contribution in [3.63, 3.8) is 0 Å². The first kappa shape index (κ1) is 10.5. The maximum absolute atomic E-state index is 8.76. The first-order valence-corrected chi connectivity index (χ1v) is 5.90. The lowest BCUT2D eigenvalue weighted by Gasteiger charge is -2.04. The normalized spacial score (nSPS) is 10.8. The van der Waals surface area contributed by atoms with Gasteiger partial charge in [0.15, 0.2) is 0 Å². The van der Waals surface area contributed by atoms with Crippen molar-refractivity contribution in [1.29, 1.82) is 0 Å². The zero-order valence-electron chi connectivity index (χ0n) is 8.60. The van der Waals surface area contributed by atoms with Gasteiger partial charge < -0.3 is 5.11 Å². The molecule has 0 unspecified atom stereocenters. The zero-order chi connectivity index (χ0) is 10.7. The van der Waals surface area contributed by atoms with E-state index >= 15 is 0 Å². The van der Waals surface area contributed by atoms with Crippen LogP contribution >= 0.6 is 11.8 Å². The summed E-state index contributed by atoms with van der Waals surface area (Å²) < 4.78 is 0. The third-order valence-corrected chi connectivity index (χ3v) is 3.13. The molecular formula is C12H13NOS. The van der Waals surface area contributed by atoms with Crippen molar-refractivity contribution in [2.75, 3.05) is 12.4 Å². The van der Waals surface area contributed by atoms with Crippen LogP contribution < -0.4 is 0 Å². The monoisotopic (exact) mass is 219 g/mol. The molecule has 0 aliphatic rings. The van der Waals surface area contributed by atoms with Gasteiger partial charge in [-0.2, -0.15) is 0 Å². The lowest BCUT2D eigenvalue weighted by molar-refractivity contribution is 0.322. The molecule has 78 valence electrons. The van der Waals surface area contributed by atoms with Crippen LogP contribution in [0.3, 0.4) is 0 Å². The SMILES string of the molecule is Cc1cc(SCCO)nc2ccccc12. The lowest BCUT2D eigenvalue weighted by atomic mass is 10.1. The minimum atomic E-state index is 0.193. The van der Waals surface area contributed by atoms with Crippen LogP contribution in [-0.2, 0) is 0 Å². The van der Waals surface area contributed by atoms with Crippen molar-refractivity contribution in [1.82, 2.24) is 4.98 Å². The number of hydrogen-bond donors (Lipinski definition) is 1. The minimum absolute atomic E-state index is 0.193. The van der Waals surface area contributed by atoms with Gasteiger partial charge in [0.1, 0.15) is 0 Å². The number of thioether (sulfide) groups is 1. The molecule has 1 N–H and O–H groups in total. The number of fused-ring (bicyclic) bond motifs is 1. The molecule has 0 amide bonds. The predicted molar refractivity (Wildman–Crippen MR) is 64.3 cm³/mol. The van der Waals surface area contributed by atoms with E-state index in [-0.39, 0.29) is 6.61 Å². The summed E-state index contributed by atoms with van der Waals surface area (Å²) >= 11 is 1.59. The molecule has 3 heteroatoms. The molecule has 2 rings (SSSR count). The van der Waals surface area contributed by atoms with Gasteiger partial charge in [-0.05, 0) is 24.6 Å². The Bertz CT molecular complexity index is 470. The third kappa shape index (κ3) is 2.30.